The first-order valence-corrected chi connectivity index (χ1v) is 8.04. The molecule has 2 heterocycles. The number of hydrogen-bond acceptors (Lipinski definition) is 4. The first-order chi connectivity index (χ1) is 10.7. The highest BCUT2D eigenvalue weighted by atomic mass is 16.5. The maximum atomic E-state index is 12.6. The summed E-state index contributed by atoms with van der Waals surface area (Å²) in [5, 5.41) is 0. The molecule has 0 aliphatic carbocycles. The monoisotopic (exact) mass is 303 g/mol. The fourth-order valence-electron chi connectivity index (χ4n) is 3.45. The van der Waals surface area contributed by atoms with Crippen molar-refractivity contribution in [3.8, 4) is 5.75 Å². The number of likely N-dealkylation sites (tertiary alicyclic amines) is 1. The normalized spacial score (nSPS) is 22.9. The van der Waals surface area contributed by atoms with Gasteiger partial charge in [0.1, 0.15) is 5.75 Å². The average Bonchev–Trinajstić information content (AvgIpc) is 3.01. The van der Waals surface area contributed by atoms with Crippen molar-refractivity contribution in [3.05, 3.63) is 24.3 Å². The minimum absolute atomic E-state index is 0.197. The molecule has 1 amide bonds. The minimum Gasteiger partial charge on any atom is -0.495 e. The molecule has 22 heavy (non-hydrogen) atoms. The van der Waals surface area contributed by atoms with Crippen molar-refractivity contribution < 1.29 is 9.53 Å². The summed E-state index contributed by atoms with van der Waals surface area (Å²) in [6.07, 6.45) is 1.00. The Morgan fingerprint density at radius 1 is 1.14 bits per heavy atom. The molecule has 1 unspecified atom stereocenters. The van der Waals surface area contributed by atoms with E-state index in [0.29, 0.717) is 5.91 Å². The van der Waals surface area contributed by atoms with Crippen LogP contribution in [0.15, 0.2) is 24.3 Å². The average molecular weight is 303 g/mol. The van der Waals surface area contributed by atoms with E-state index in [0.717, 1.165) is 57.1 Å². The fourth-order valence-corrected chi connectivity index (χ4v) is 3.45. The van der Waals surface area contributed by atoms with Crippen LogP contribution in [0.25, 0.3) is 0 Å². The Morgan fingerprint density at radius 3 is 2.50 bits per heavy atom. The quantitative estimate of drug-likeness (QED) is 0.843. The van der Waals surface area contributed by atoms with Crippen LogP contribution in [0.1, 0.15) is 6.42 Å². The first kappa shape index (κ1) is 15.2. The second-order valence-electron chi connectivity index (χ2n) is 6.23. The lowest BCUT2D eigenvalue weighted by Crippen LogP contribution is -2.50. The number of rotatable bonds is 3. The van der Waals surface area contributed by atoms with Gasteiger partial charge in [0.05, 0.1) is 18.7 Å². The molecule has 1 atom stereocenters. The van der Waals surface area contributed by atoms with Gasteiger partial charge in [-0.15, -0.1) is 0 Å². The molecule has 0 spiro atoms. The molecule has 5 heteroatoms. The van der Waals surface area contributed by atoms with E-state index in [1.807, 2.05) is 23.1 Å². The van der Waals surface area contributed by atoms with E-state index in [1.165, 1.54) is 0 Å². The van der Waals surface area contributed by atoms with Gasteiger partial charge in [0.2, 0.25) is 5.91 Å². The minimum atomic E-state index is 0.197. The number of piperazine rings is 1. The highest BCUT2D eigenvalue weighted by molar-refractivity contribution is 5.79. The van der Waals surface area contributed by atoms with Crippen molar-refractivity contribution in [3.63, 3.8) is 0 Å². The molecule has 2 fully saturated rings. The predicted molar refractivity (Wildman–Crippen MR) is 87.4 cm³/mol. The zero-order valence-electron chi connectivity index (χ0n) is 13.5. The van der Waals surface area contributed by atoms with Gasteiger partial charge in [0.25, 0.3) is 0 Å². The van der Waals surface area contributed by atoms with Crippen molar-refractivity contribution in [2.75, 3.05) is 58.3 Å². The van der Waals surface area contributed by atoms with E-state index in [2.05, 4.69) is 22.9 Å². The van der Waals surface area contributed by atoms with Crippen LogP contribution in [-0.2, 0) is 4.79 Å². The van der Waals surface area contributed by atoms with Crippen molar-refractivity contribution in [1.82, 2.24) is 9.80 Å². The summed E-state index contributed by atoms with van der Waals surface area (Å²) in [4.78, 5) is 19.2. The first-order valence-electron chi connectivity index (χ1n) is 8.04. The number of methoxy groups -OCH3 is 1. The zero-order chi connectivity index (χ0) is 15.5. The summed E-state index contributed by atoms with van der Waals surface area (Å²) in [6.45, 7) is 5.29. The molecule has 5 nitrogen and oxygen atoms in total. The Hall–Kier alpha value is -1.75. The highest BCUT2D eigenvalue weighted by Gasteiger charge is 2.31. The van der Waals surface area contributed by atoms with Gasteiger partial charge < -0.3 is 19.4 Å². The summed E-state index contributed by atoms with van der Waals surface area (Å²) in [7, 11) is 3.79. The SMILES string of the molecule is COc1ccccc1N1CCN(C(=O)C2CCN(C)C2)CC1. The van der Waals surface area contributed by atoms with E-state index in [9.17, 15) is 4.79 Å². The lowest BCUT2D eigenvalue weighted by atomic mass is 10.1. The molecule has 0 N–H and O–H groups in total. The van der Waals surface area contributed by atoms with Gasteiger partial charge in [-0.25, -0.2) is 0 Å². The number of carbonyl (C=O) groups is 1. The van der Waals surface area contributed by atoms with Gasteiger partial charge in [-0.1, -0.05) is 12.1 Å². The third-order valence-electron chi connectivity index (χ3n) is 4.76. The number of ether oxygens (including phenoxy) is 1. The lowest BCUT2D eigenvalue weighted by molar-refractivity contribution is -0.135. The second kappa shape index (κ2) is 6.57. The number of carbonyl (C=O) groups excluding carboxylic acids is 1. The van der Waals surface area contributed by atoms with E-state index >= 15 is 0 Å². The van der Waals surface area contributed by atoms with Crippen LogP contribution < -0.4 is 9.64 Å². The second-order valence-corrected chi connectivity index (χ2v) is 6.23. The van der Waals surface area contributed by atoms with E-state index in [-0.39, 0.29) is 5.92 Å². The predicted octanol–water partition coefficient (Wildman–Crippen LogP) is 1.30. The smallest absolute Gasteiger partial charge is 0.227 e. The molecule has 2 aliphatic rings. The summed E-state index contributed by atoms with van der Waals surface area (Å²) >= 11 is 0. The van der Waals surface area contributed by atoms with Gasteiger partial charge in [-0.2, -0.15) is 0 Å². The maximum absolute atomic E-state index is 12.6. The van der Waals surface area contributed by atoms with E-state index in [1.54, 1.807) is 7.11 Å². The third kappa shape index (κ3) is 3.04. The summed E-state index contributed by atoms with van der Waals surface area (Å²) in [5.41, 5.74) is 1.12. The molecule has 120 valence electrons. The molecule has 0 saturated carbocycles. The van der Waals surface area contributed by atoms with Crippen LogP contribution in [-0.4, -0.2) is 69.1 Å². The molecule has 0 radical (unpaired) electrons. The Morgan fingerprint density at radius 2 is 1.86 bits per heavy atom. The van der Waals surface area contributed by atoms with Crippen LogP contribution in [0.4, 0.5) is 5.69 Å². The highest BCUT2D eigenvalue weighted by Crippen LogP contribution is 2.28. The topological polar surface area (TPSA) is 36.0 Å². The van der Waals surface area contributed by atoms with Crippen molar-refractivity contribution in [2.45, 2.75) is 6.42 Å². The fraction of sp³-hybridized carbons (Fsp3) is 0.588. The van der Waals surface area contributed by atoms with Gasteiger partial charge in [-0.05, 0) is 32.1 Å². The maximum Gasteiger partial charge on any atom is 0.227 e. The van der Waals surface area contributed by atoms with Gasteiger partial charge >= 0.3 is 0 Å². The van der Waals surface area contributed by atoms with Crippen molar-refractivity contribution >= 4 is 11.6 Å². The molecule has 3 rings (SSSR count). The van der Waals surface area contributed by atoms with Gasteiger partial charge in [0.15, 0.2) is 0 Å². The van der Waals surface area contributed by atoms with Crippen LogP contribution in [0.5, 0.6) is 5.75 Å². The molecular weight excluding hydrogens is 278 g/mol. The Bertz CT molecular complexity index is 526. The third-order valence-corrected chi connectivity index (χ3v) is 4.76. The molecule has 0 bridgehead atoms. The molecule has 1 aromatic rings. The van der Waals surface area contributed by atoms with Crippen LogP contribution in [0.3, 0.4) is 0 Å². The van der Waals surface area contributed by atoms with Crippen LogP contribution >= 0.6 is 0 Å². The largest absolute Gasteiger partial charge is 0.495 e. The number of anilines is 1. The molecule has 2 saturated heterocycles. The van der Waals surface area contributed by atoms with Crippen molar-refractivity contribution in [1.29, 1.82) is 0 Å². The van der Waals surface area contributed by atoms with Crippen LogP contribution in [0, 0.1) is 5.92 Å². The Balaban J connectivity index is 1.59. The van der Waals surface area contributed by atoms with Gasteiger partial charge in [0, 0.05) is 32.7 Å². The van der Waals surface area contributed by atoms with E-state index in [4.69, 9.17) is 4.74 Å². The molecule has 2 aliphatic heterocycles. The summed E-state index contributed by atoms with van der Waals surface area (Å²) < 4.78 is 5.44. The number of amides is 1. The summed E-state index contributed by atoms with van der Waals surface area (Å²) in [5.74, 6) is 1.44. The standard InChI is InChI=1S/C17H25N3O2/c1-18-8-7-14(13-18)17(21)20-11-9-19(10-12-20)15-5-3-4-6-16(15)22-2/h3-6,14H,7-13H2,1-2H3. The molecule has 0 aromatic heterocycles. The number of benzene rings is 1. The number of nitrogens with zero attached hydrogens (tertiary/aromatic N) is 3. The summed E-state index contributed by atoms with van der Waals surface area (Å²) in [6, 6.07) is 8.09. The molecule has 1 aromatic carbocycles. The number of para-hydroxylation sites is 2. The van der Waals surface area contributed by atoms with Gasteiger partial charge in [-0.3, -0.25) is 4.79 Å². The number of hydrogen-bond donors (Lipinski definition) is 0. The van der Waals surface area contributed by atoms with Crippen molar-refractivity contribution in [2.24, 2.45) is 5.92 Å². The Labute approximate surface area is 132 Å². The molecular formula is C17H25N3O2. The Kier molecular flexibility index (Phi) is 4.52. The van der Waals surface area contributed by atoms with Crippen LogP contribution in [0.2, 0.25) is 0 Å². The lowest BCUT2D eigenvalue weighted by Gasteiger charge is -2.37. The zero-order valence-corrected chi connectivity index (χ0v) is 13.5. The van der Waals surface area contributed by atoms with E-state index < -0.39 is 0 Å².